The summed E-state index contributed by atoms with van der Waals surface area (Å²) in [6.07, 6.45) is 0.215. The molecule has 0 aliphatic carbocycles. The first kappa shape index (κ1) is 12.2. The minimum Gasteiger partial charge on any atom is -0.468 e. The van der Waals surface area contributed by atoms with Crippen molar-refractivity contribution in [3.05, 3.63) is 17.5 Å². The van der Waals surface area contributed by atoms with E-state index in [0.29, 0.717) is 0 Å². The number of carbonyl (C=O) groups excluding carboxylic acids is 1. The second kappa shape index (κ2) is 4.76. The van der Waals surface area contributed by atoms with Crippen LogP contribution in [0.2, 0.25) is 0 Å². The summed E-state index contributed by atoms with van der Waals surface area (Å²) in [5.41, 5.74) is 0. The third-order valence-electron chi connectivity index (χ3n) is 1.98. The molecule has 84 valence electrons. The molecule has 1 heterocycles. The van der Waals surface area contributed by atoms with Crippen molar-refractivity contribution in [2.45, 2.75) is 22.8 Å². The van der Waals surface area contributed by atoms with Gasteiger partial charge in [-0.1, -0.05) is 13.0 Å². The Hall–Kier alpha value is -0.880. The van der Waals surface area contributed by atoms with Crippen LogP contribution in [0.4, 0.5) is 0 Å². The predicted molar refractivity (Wildman–Crippen MR) is 57.6 cm³/mol. The Morgan fingerprint density at radius 3 is 2.67 bits per heavy atom. The quantitative estimate of drug-likeness (QED) is 0.757. The van der Waals surface area contributed by atoms with E-state index in [-0.39, 0.29) is 10.6 Å². The number of hydrogen-bond acceptors (Lipinski definition) is 5. The van der Waals surface area contributed by atoms with Gasteiger partial charge in [0.15, 0.2) is 5.25 Å². The van der Waals surface area contributed by atoms with Crippen molar-refractivity contribution in [1.29, 1.82) is 0 Å². The van der Waals surface area contributed by atoms with E-state index in [1.54, 1.807) is 18.4 Å². The third-order valence-corrected chi connectivity index (χ3v) is 5.60. The number of methoxy groups -OCH3 is 1. The molecule has 0 saturated carbocycles. The molecule has 0 aliphatic rings. The van der Waals surface area contributed by atoms with Gasteiger partial charge in [0.1, 0.15) is 4.21 Å². The molecule has 0 spiro atoms. The minimum absolute atomic E-state index is 0.208. The van der Waals surface area contributed by atoms with Crippen LogP contribution in [0, 0.1) is 0 Å². The lowest BCUT2D eigenvalue weighted by atomic mass is 10.3. The molecule has 0 bridgehead atoms. The number of sulfone groups is 1. The highest BCUT2D eigenvalue weighted by Crippen LogP contribution is 2.23. The highest BCUT2D eigenvalue weighted by molar-refractivity contribution is 7.94. The lowest BCUT2D eigenvalue weighted by Gasteiger charge is -2.11. The largest absolute Gasteiger partial charge is 0.468 e. The van der Waals surface area contributed by atoms with Crippen LogP contribution >= 0.6 is 11.3 Å². The number of esters is 1. The summed E-state index contributed by atoms with van der Waals surface area (Å²) in [5, 5.41) is 0.567. The van der Waals surface area contributed by atoms with E-state index in [2.05, 4.69) is 4.74 Å². The summed E-state index contributed by atoms with van der Waals surface area (Å²) in [4.78, 5) is 11.3. The van der Waals surface area contributed by atoms with Gasteiger partial charge in [-0.2, -0.15) is 0 Å². The first-order valence-corrected chi connectivity index (χ1v) is 6.81. The van der Waals surface area contributed by atoms with Crippen molar-refractivity contribution < 1.29 is 17.9 Å². The Bertz CT molecular complexity index is 419. The summed E-state index contributed by atoms with van der Waals surface area (Å²) >= 11 is 1.11. The third kappa shape index (κ3) is 2.38. The maximum atomic E-state index is 11.9. The van der Waals surface area contributed by atoms with Gasteiger partial charge in [0.2, 0.25) is 9.84 Å². The van der Waals surface area contributed by atoms with E-state index in [4.69, 9.17) is 0 Å². The van der Waals surface area contributed by atoms with Crippen molar-refractivity contribution in [3.8, 4) is 0 Å². The van der Waals surface area contributed by atoms with E-state index in [1.165, 1.54) is 13.2 Å². The molecule has 6 heteroatoms. The zero-order chi connectivity index (χ0) is 11.5. The van der Waals surface area contributed by atoms with Crippen LogP contribution in [0.1, 0.15) is 13.3 Å². The van der Waals surface area contributed by atoms with Gasteiger partial charge < -0.3 is 4.74 Å². The molecule has 0 aromatic carbocycles. The summed E-state index contributed by atoms with van der Waals surface area (Å²) < 4.78 is 28.6. The van der Waals surface area contributed by atoms with E-state index < -0.39 is 21.1 Å². The van der Waals surface area contributed by atoms with Crippen molar-refractivity contribution in [2.24, 2.45) is 0 Å². The molecule has 0 fully saturated rings. The average molecular weight is 248 g/mol. The fraction of sp³-hybridized carbons (Fsp3) is 0.444. The summed E-state index contributed by atoms with van der Waals surface area (Å²) in [6, 6.07) is 3.13. The maximum absolute atomic E-state index is 11.9. The van der Waals surface area contributed by atoms with E-state index >= 15 is 0 Å². The van der Waals surface area contributed by atoms with Crippen LogP contribution in [0.15, 0.2) is 21.7 Å². The van der Waals surface area contributed by atoms with Crippen LogP contribution in [-0.4, -0.2) is 26.7 Å². The van der Waals surface area contributed by atoms with Crippen molar-refractivity contribution in [1.82, 2.24) is 0 Å². The van der Waals surface area contributed by atoms with Crippen LogP contribution in [-0.2, 0) is 19.4 Å². The minimum atomic E-state index is -3.58. The average Bonchev–Trinajstić information content (AvgIpc) is 2.71. The number of thiophene rings is 1. The number of hydrogen-bond donors (Lipinski definition) is 0. The Balaban J connectivity index is 3.09. The van der Waals surface area contributed by atoms with Gasteiger partial charge in [0.05, 0.1) is 7.11 Å². The first-order valence-electron chi connectivity index (χ1n) is 4.39. The SMILES string of the molecule is CCC(C(=O)OC)S(=O)(=O)c1cccs1. The molecule has 1 atom stereocenters. The molecule has 1 aromatic heterocycles. The number of carbonyl (C=O) groups is 1. The van der Waals surface area contributed by atoms with E-state index in [9.17, 15) is 13.2 Å². The monoisotopic (exact) mass is 248 g/mol. The number of ether oxygens (including phenoxy) is 1. The molecule has 1 unspecified atom stereocenters. The second-order valence-corrected chi connectivity index (χ2v) is 6.20. The summed E-state index contributed by atoms with van der Waals surface area (Å²) in [7, 11) is -2.39. The van der Waals surface area contributed by atoms with Crippen LogP contribution in [0.5, 0.6) is 0 Å². The molecular weight excluding hydrogens is 236 g/mol. The smallest absolute Gasteiger partial charge is 0.324 e. The molecule has 15 heavy (non-hydrogen) atoms. The molecule has 1 aromatic rings. The second-order valence-electron chi connectivity index (χ2n) is 2.90. The van der Waals surface area contributed by atoms with Crippen molar-refractivity contribution >= 4 is 27.1 Å². The first-order chi connectivity index (χ1) is 7.04. The zero-order valence-electron chi connectivity index (χ0n) is 8.47. The van der Waals surface area contributed by atoms with Gasteiger partial charge >= 0.3 is 5.97 Å². The lowest BCUT2D eigenvalue weighted by Crippen LogP contribution is -2.30. The van der Waals surface area contributed by atoms with Crippen LogP contribution in [0.25, 0.3) is 0 Å². The van der Waals surface area contributed by atoms with Crippen LogP contribution in [0.3, 0.4) is 0 Å². The van der Waals surface area contributed by atoms with Gasteiger partial charge in [-0.3, -0.25) is 4.79 Å². The lowest BCUT2D eigenvalue weighted by molar-refractivity contribution is -0.140. The van der Waals surface area contributed by atoms with Crippen molar-refractivity contribution in [3.63, 3.8) is 0 Å². The van der Waals surface area contributed by atoms with Gasteiger partial charge in [-0.15, -0.1) is 11.3 Å². The Morgan fingerprint density at radius 1 is 1.60 bits per heavy atom. The van der Waals surface area contributed by atoms with E-state index in [0.717, 1.165) is 11.3 Å². The molecular formula is C9H12O4S2. The van der Waals surface area contributed by atoms with Crippen molar-refractivity contribution in [2.75, 3.05) is 7.11 Å². The fourth-order valence-electron chi connectivity index (χ4n) is 1.21. The molecule has 1 rings (SSSR count). The van der Waals surface area contributed by atoms with Gasteiger partial charge in [0.25, 0.3) is 0 Å². The summed E-state index contributed by atoms with van der Waals surface area (Å²) in [6.45, 7) is 1.65. The predicted octanol–water partition coefficient (Wildman–Crippen LogP) is 1.47. The normalized spacial score (nSPS) is 13.5. The van der Waals surface area contributed by atoms with Gasteiger partial charge in [-0.05, 0) is 17.9 Å². The fourth-order valence-corrected chi connectivity index (χ4v) is 4.05. The Kier molecular flexibility index (Phi) is 3.87. The van der Waals surface area contributed by atoms with E-state index in [1.807, 2.05) is 0 Å². The molecule has 0 aliphatic heterocycles. The maximum Gasteiger partial charge on any atom is 0.324 e. The Labute approximate surface area is 92.8 Å². The molecule has 4 nitrogen and oxygen atoms in total. The highest BCUT2D eigenvalue weighted by Gasteiger charge is 2.33. The zero-order valence-corrected chi connectivity index (χ0v) is 10.1. The topological polar surface area (TPSA) is 60.4 Å². The molecule has 0 amide bonds. The van der Waals surface area contributed by atoms with Gasteiger partial charge in [0, 0.05) is 0 Å². The highest BCUT2D eigenvalue weighted by atomic mass is 32.2. The number of rotatable bonds is 4. The molecule has 0 N–H and O–H groups in total. The summed E-state index contributed by atoms with van der Waals surface area (Å²) in [5.74, 6) is -0.703. The Morgan fingerprint density at radius 2 is 2.27 bits per heavy atom. The molecule has 0 saturated heterocycles. The van der Waals surface area contributed by atoms with Gasteiger partial charge in [-0.25, -0.2) is 8.42 Å². The standard InChI is InChI=1S/C9H12O4S2/c1-3-7(9(10)13-2)15(11,12)8-5-4-6-14-8/h4-7H,3H2,1-2H3. The molecule has 0 radical (unpaired) electrons. The van der Waals surface area contributed by atoms with Crippen LogP contribution < -0.4 is 0 Å².